The van der Waals surface area contributed by atoms with Crippen molar-refractivity contribution in [3.05, 3.63) is 71.3 Å². The van der Waals surface area contributed by atoms with E-state index in [1.165, 1.54) is 10.9 Å². The van der Waals surface area contributed by atoms with Gasteiger partial charge in [-0.3, -0.25) is 14.2 Å². The quantitative estimate of drug-likeness (QED) is 0.568. The molecular weight excluding hydrogens is 330 g/mol. The first kappa shape index (κ1) is 16.1. The highest BCUT2D eigenvalue weighted by Gasteiger charge is 2.18. The van der Waals surface area contributed by atoms with Gasteiger partial charge in [0.1, 0.15) is 17.6 Å². The highest BCUT2D eigenvalue weighted by atomic mass is 16.3. The Kier molecular flexibility index (Phi) is 4.01. The van der Waals surface area contributed by atoms with Gasteiger partial charge < -0.3 is 9.32 Å². The zero-order valence-corrected chi connectivity index (χ0v) is 14.3. The molecule has 0 atom stereocenters. The van der Waals surface area contributed by atoms with E-state index in [2.05, 4.69) is 4.98 Å². The third-order valence-electron chi connectivity index (χ3n) is 4.34. The Morgan fingerprint density at radius 1 is 1.12 bits per heavy atom. The molecule has 0 saturated carbocycles. The van der Waals surface area contributed by atoms with Gasteiger partial charge in [0, 0.05) is 17.6 Å². The first-order valence-corrected chi connectivity index (χ1v) is 8.41. The third kappa shape index (κ3) is 2.65. The Labute approximate surface area is 149 Å². The Morgan fingerprint density at radius 2 is 1.85 bits per heavy atom. The van der Waals surface area contributed by atoms with Crippen molar-refractivity contribution in [2.75, 3.05) is 11.4 Å². The van der Waals surface area contributed by atoms with Gasteiger partial charge in [0.25, 0.3) is 5.56 Å². The van der Waals surface area contributed by atoms with Crippen molar-refractivity contribution < 1.29 is 9.21 Å². The van der Waals surface area contributed by atoms with Crippen LogP contribution in [0, 0.1) is 0 Å². The monoisotopic (exact) mass is 347 g/mol. The lowest BCUT2D eigenvalue weighted by Gasteiger charge is -2.21. The van der Waals surface area contributed by atoms with Gasteiger partial charge >= 0.3 is 0 Å². The smallest absolute Gasteiger partial charge is 0.297 e. The number of hydrogen-bond donors (Lipinski definition) is 0. The van der Waals surface area contributed by atoms with E-state index >= 15 is 0 Å². The molecule has 2 aromatic heterocycles. The number of rotatable bonds is 4. The van der Waals surface area contributed by atoms with Crippen LogP contribution in [0.3, 0.4) is 0 Å². The summed E-state index contributed by atoms with van der Waals surface area (Å²) in [5.74, 6) is -0.182. The second-order valence-corrected chi connectivity index (χ2v) is 5.93. The van der Waals surface area contributed by atoms with Crippen LogP contribution in [0.4, 0.5) is 5.69 Å². The molecule has 0 aliphatic carbocycles. The molecule has 0 aliphatic rings. The molecule has 2 heterocycles. The third-order valence-corrected chi connectivity index (χ3v) is 4.34. The highest BCUT2D eigenvalue weighted by Crippen LogP contribution is 2.24. The number of hydrogen-bond acceptors (Lipinski definition) is 4. The first-order valence-electron chi connectivity index (χ1n) is 8.41. The summed E-state index contributed by atoms with van der Waals surface area (Å²) in [6, 6.07) is 16.7. The fraction of sp³-hybridized carbons (Fsp3) is 0.150. The maximum absolute atomic E-state index is 12.7. The number of fused-ring (bicyclic) bond motifs is 3. The van der Waals surface area contributed by atoms with Crippen molar-refractivity contribution in [3.63, 3.8) is 0 Å². The van der Waals surface area contributed by atoms with Crippen LogP contribution in [-0.2, 0) is 11.3 Å². The van der Waals surface area contributed by atoms with Crippen molar-refractivity contribution in [1.82, 2.24) is 9.55 Å². The number of carbonyl (C=O) groups excluding carboxylic acids is 1. The van der Waals surface area contributed by atoms with Gasteiger partial charge in [0.2, 0.25) is 11.5 Å². The standard InChI is InChI=1S/C20H17N3O3/c1-2-23(14-8-4-3-5-9-14)17(24)12-22-13-21-18-15-10-6-7-11-16(15)26-19(18)20(22)25/h3-11,13H,2,12H2,1H3. The summed E-state index contributed by atoms with van der Waals surface area (Å²) in [4.78, 5) is 31.4. The molecule has 0 bridgehead atoms. The van der Waals surface area contributed by atoms with Crippen molar-refractivity contribution in [2.45, 2.75) is 13.5 Å². The van der Waals surface area contributed by atoms with Gasteiger partial charge in [-0.25, -0.2) is 4.98 Å². The molecule has 0 aliphatic heterocycles. The summed E-state index contributed by atoms with van der Waals surface area (Å²) in [6.07, 6.45) is 1.41. The van der Waals surface area contributed by atoms with Gasteiger partial charge in [0.05, 0.1) is 6.33 Å². The zero-order chi connectivity index (χ0) is 18.1. The minimum atomic E-state index is -0.358. The van der Waals surface area contributed by atoms with Gasteiger partial charge in [-0.05, 0) is 31.2 Å². The summed E-state index contributed by atoms with van der Waals surface area (Å²) >= 11 is 0. The molecule has 4 rings (SSSR count). The average molecular weight is 347 g/mol. The van der Waals surface area contributed by atoms with Crippen molar-refractivity contribution in [3.8, 4) is 0 Å². The summed E-state index contributed by atoms with van der Waals surface area (Å²) in [6.45, 7) is 2.31. The van der Waals surface area contributed by atoms with Crippen LogP contribution < -0.4 is 10.5 Å². The molecule has 4 aromatic rings. The molecule has 0 radical (unpaired) electrons. The molecule has 0 saturated heterocycles. The summed E-state index contributed by atoms with van der Waals surface area (Å²) < 4.78 is 6.95. The Bertz CT molecular complexity index is 1150. The second-order valence-electron chi connectivity index (χ2n) is 5.93. The number of carbonyl (C=O) groups is 1. The van der Waals surface area contributed by atoms with E-state index in [1.807, 2.05) is 55.5 Å². The van der Waals surface area contributed by atoms with Crippen LogP contribution in [0.2, 0.25) is 0 Å². The number of furan rings is 1. The molecule has 0 spiro atoms. The van der Waals surface area contributed by atoms with Gasteiger partial charge in [-0.2, -0.15) is 0 Å². The maximum Gasteiger partial charge on any atom is 0.297 e. The van der Waals surface area contributed by atoms with Crippen LogP contribution in [-0.4, -0.2) is 22.0 Å². The molecule has 130 valence electrons. The highest BCUT2D eigenvalue weighted by molar-refractivity contribution is 6.01. The van der Waals surface area contributed by atoms with E-state index in [1.54, 1.807) is 11.0 Å². The number of nitrogens with zero attached hydrogens (tertiary/aromatic N) is 3. The number of amides is 1. The van der Waals surface area contributed by atoms with Crippen LogP contribution in [0.1, 0.15) is 6.92 Å². The van der Waals surface area contributed by atoms with Crippen molar-refractivity contribution in [1.29, 1.82) is 0 Å². The zero-order valence-electron chi connectivity index (χ0n) is 14.3. The first-order chi connectivity index (χ1) is 12.7. The number of likely N-dealkylation sites (N-methyl/N-ethyl adjacent to an activating group) is 1. The van der Waals surface area contributed by atoms with Crippen LogP contribution in [0.5, 0.6) is 0 Å². The number of benzene rings is 2. The van der Waals surface area contributed by atoms with Crippen molar-refractivity contribution >= 4 is 33.7 Å². The van der Waals surface area contributed by atoms with Crippen LogP contribution in [0.15, 0.2) is 70.1 Å². The normalized spacial score (nSPS) is 11.1. The fourth-order valence-corrected chi connectivity index (χ4v) is 3.07. The van der Waals surface area contributed by atoms with Crippen molar-refractivity contribution in [2.24, 2.45) is 0 Å². The van der Waals surface area contributed by atoms with E-state index in [-0.39, 0.29) is 23.6 Å². The minimum Gasteiger partial charge on any atom is -0.448 e. The fourth-order valence-electron chi connectivity index (χ4n) is 3.07. The van der Waals surface area contributed by atoms with E-state index in [0.29, 0.717) is 17.6 Å². The van der Waals surface area contributed by atoms with E-state index < -0.39 is 0 Å². The molecule has 0 unspecified atom stereocenters. The molecule has 2 aromatic carbocycles. The lowest BCUT2D eigenvalue weighted by molar-refractivity contribution is -0.119. The summed E-state index contributed by atoms with van der Waals surface area (Å²) in [5.41, 5.74) is 1.74. The largest absolute Gasteiger partial charge is 0.448 e. The summed E-state index contributed by atoms with van der Waals surface area (Å²) in [7, 11) is 0. The van der Waals surface area contributed by atoms with Gasteiger partial charge in [-0.1, -0.05) is 30.3 Å². The van der Waals surface area contributed by atoms with Crippen LogP contribution in [0.25, 0.3) is 22.1 Å². The number of para-hydroxylation sites is 2. The van der Waals surface area contributed by atoms with E-state index in [0.717, 1.165) is 11.1 Å². The predicted molar refractivity (Wildman–Crippen MR) is 100 cm³/mol. The molecule has 0 fully saturated rings. The lowest BCUT2D eigenvalue weighted by atomic mass is 10.2. The minimum absolute atomic E-state index is 0.0957. The second kappa shape index (κ2) is 6.48. The molecule has 6 heteroatoms. The Hall–Kier alpha value is -3.41. The molecular formula is C20H17N3O3. The molecule has 0 N–H and O–H groups in total. The number of aromatic nitrogens is 2. The average Bonchev–Trinajstić information content (AvgIpc) is 3.05. The van der Waals surface area contributed by atoms with Gasteiger partial charge in [-0.15, -0.1) is 0 Å². The maximum atomic E-state index is 12.7. The van der Waals surface area contributed by atoms with Crippen LogP contribution >= 0.6 is 0 Å². The Balaban J connectivity index is 1.71. The molecule has 26 heavy (non-hydrogen) atoms. The number of anilines is 1. The molecule has 1 amide bonds. The topological polar surface area (TPSA) is 68.3 Å². The lowest BCUT2D eigenvalue weighted by Crippen LogP contribution is -2.36. The molecule has 6 nitrogen and oxygen atoms in total. The van der Waals surface area contributed by atoms with Gasteiger partial charge in [0.15, 0.2) is 0 Å². The SMILES string of the molecule is CCN(C(=O)Cn1cnc2c(oc3ccccc32)c1=O)c1ccccc1. The predicted octanol–water partition coefficient (Wildman–Crippen LogP) is 3.20. The summed E-state index contributed by atoms with van der Waals surface area (Å²) in [5, 5.41) is 0.789. The Morgan fingerprint density at radius 3 is 2.62 bits per heavy atom. The van der Waals surface area contributed by atoms with E-state index in [4.69, 9.17) is 4.42 Å². The van der Waals surface area contributed by atoms with E-state index in [9.17, 15) is 9.59 Å².